The molecule has 0 spiro atoms. The molecule has 0 aromatic carbocycles. The average Bonchev–Trinajstić information content (AvgIpc) is 2.55. The molecule has 13 heteroatoms. The Kier molecular flexibility index (Phi) is 10.0. The highest BCUT2D eigenvalue weighted by Crippen LogP contribution is 1.98. The van der Waals surface area contributed by atoms with Crippen LogP contribution in [0.1, 0.15) is 26.2 Å². The smallest absolute Gasteiger partial charge is 0.325 e. The summed E-state index contributed by atoms with van der Waals surface area (Å²) >= 11 is 0. The van der Waals surface area contributed by atoms with Crippen molar-refractivity contribution >= 4 is 35.6 Å². The molecule has 3 unspecified atom stereocenters. The molecule has 0 aliphatic carbocycles. The van der Waals surface area contributed by atoms with Crippen LogP contribution in [0.2, 0.25) is 0 Å². The van der Waals surface area contributed by atoms with E-state index in [0.717, 1.165) is 0 Å². The standard InChI is InChI=1S/C14H23N5O8/c1-6(14(26)27)18-10(21)5-17-13(25)8(4-11(22)23)19-12(24)7(15)2-3-9(16)20/h6-8H,2-5,15H2,1H3,(H2,16,20)(H,17,25)(H,18,21)(H,19,24)(H,22,23)(H,26,27). The molecule has 27 heavy (non-hydrogen) atoms. The van der Waals surface area contributed by atoms with Crippen LogP contribution in [0.3, 0.4) is 0 Å². The Balaban J connectivity index is 4.73. The number of nitrogens with one attached hydrogen (secondary N) is 3. The molecule has 0 saturated heterocycles. The molecule has 0 radical (unpaired) electrons. The molecule has 0 rings (SSSR count). The summed E-state index contributed by atoms with van der Waals surface area (Å²) in [5.74, 6) is -6.04. The van der Waals surface area contributed by atoms with E-state index in [1.54, 1.807) is 0 Å². The van der Waals surface area contributed by atoms with E-state index in [1.807, 2.05) is 0 Å². The minimum Gasteiger partial charge on any atom is -0.481 e. The van der Waals surface area contributed by atoms with E-state index in [1.165, 1.54) is 6.92 Å². The minimum absolute atomic E-state index is 0.0991. The molecule has 152 valence electrons. The maximum atomic E-state index is 12.0. The van der Waals surface area contributed by atoms with Crippen molar-refractivity contribution < 1.29 is 39.0 Å². The molecular weight excluding hydrogens is 366 g/mol. The van der Waals surface area contributed by atoms with Gasteiger partial charge < -0.3 is 37.6 Å². The highest BCUT2D eigenvalue weighted by molar-refractivity contribution is 5.94. The lowest BCUT2D eigenvalue weighted by atomic mass is 10.1. The summed E-state index contributed by atoms with van der Waals surface area (Å²) in [6, 6.07) is -3.91. The number of carboxylic acids is 2. The Morgan fingerprint density at radius 2 is 1.59 bits per heavy atom. The number of hydrogen-bond donors (Lipinski definition) is 7. The molecule has 0 aliphatic heterocycles. The predicted molar refractivity (Wildman–Crippen MR) is 88.8 cm³/mol. The van der Waals surface area contributed by atoms with Gasteiger partial charge in [0.1, 0.15) is 12.1 Å². The van der Waals surface area contributed by atoms with Crippen LogP contribution in [0.5, 0.6) is 0 Å². The lowest BCUT2D eigenvalue weighted by Gasteiger charge is -2.19. The van der Waals surface area contributed by atoms with Crippen molar-refractivity contribution in [2.24, 2.45) is 11.5 Å². The van der Waals surface area contributed by atoms with Gasteiger partial charge in [-0.1, -0.05) is 0 Å². The first-order valence-corrected chi connectivity index (χ1v) is 7.80. The zero-order valence-corrected chi connectivity index (χ0v) is 14.6. The molecule has 0 aromatic heterocycles. The van der Waals surface area contributed by atoms with Crippen molar-refractivity contribution in [1.29, 1.82) is 0 Å². The number of carboxylic acid groups (broad SMARTS) is 2. The summed E-state index contributed by atoms with van der Waals surface area (Å²) in [6.45, 7) is 0.582. The van der Waals surface area contributed by atoms with Crippen LogP contribution < -0.4 is 27.4 Å². The van der Waals surface area contributed by atoms with Crippen LogP contribution in [-0.4, -0.2) is 70.5 Å². The molecule has 13 nitrogen and oxygen atoms in total. The largest absolute Gasteiger partial charge is 0.481 e. The number of carbonyl (C=O) groups is 6. The number of carbonyl (C=O) groups excluding carboxylic acids is 4. The van der Waals surface area contributed by atoms with Gasteiger partial charge >= 0.3 is 11.9 Å². The van der Waals surface area contributed by atoms with Crippen molar-refractivity contribution in [3.8, 4) is 0 Å². The number of nitrogens with two attached hydrogens (primary N) is 2. The quantitative estimate of drug-likeness (QED) is 0.173. The van der Waals surface area contributed by atoms with Gasteiger partial charge in [-0.15, -0.1) is 0 Å². The van der Waals surface area contributed by atoms with Gasteiger partial charge in [-0.3, -0.25) is 28.8 Å². The van der Waals surface area contributed by atoms with Crippen molar-refractivity contribution in [3.05, 3.63) is 0 Å². The van der Waals surface area contributed by atoms with E-state index < -0.39 is 66.7 Å². The van der Waals surface area contributed by atoms with Crippen LogP contribution in [0.25, 0.3) is 0 Å². The topological polar surface area (TPSA) is 231 Å². The van der Waals surface area contributed by atoms with E-state index >= 15 is 0 Å². The monoisotopic (exact) mass is 389 g/mol. The lowest BCUT2D eigenvalue weighted by Crippen LogP contribution is -2.54. The molecule has 0 fully saturated rings. The second-order valence-electron chi connectivity index (χ2n) is 5.62. The molecule has 0 saturated carbocycles. The van der Waals surface area contributed by atoms with Gasteiger partial charge in [0.05, 0.1) is 19.0 Å². The molecule has 0 bridgehead atoms. The van der Waals surface area contributed by atoms with Crippen molar-refractivity contribution in [2.45, 2.75) is 44.3 Å². The number of rotatable bonds is 12. The van der Waals surface area contributed by atoms with E-state index in [4.69, 9.17) is 21.7 Å². The Labute approximate surface area is 153 Å². The van der Waals surface area contributed by atoms with Gasteiger partial charge in [0.25, 0.3) is 0 Å². The minimum atomic E-state index is -1.53. The van der Waals surface area contributed by atoms with Gasteiger partial charge in [-0.2, -0.15) is 0 Å². The average molecular weight is 389 g/mol. The van der Waals surface area contributed by atoms with Crippen molar-refractivity contribution in [3.63, 3.8) is 0 Å². The highest BCUT2D eigenvalue weighted by atomic mass is 16.4. The van der Waals surface area contributed by atoms with E-state index in [0.29, 0.717) is 0 Å². The van der Waals surface area contributed by atoms with Crippen LogP contribution >= 0.6 is 0 Å². The van der Waals surface area contributed by atoms with Crippen LogP contribution in [0.15, 0.2) is 0 Å². The summed E-state index contributed by atoms with van der Waals surface area (Å²) < 4.78 is 0. The third kappa shape index (κ3) is 10.4. The number of amides is 4. The van der Waals surface area contributed by atoms with Crippen LogP contribution in [0, 0.1) is 0 Å². The second kappa shape index (κ2) is 11.4. The summed E-state index contributed by atoms with van der Waals surface area (Å²) in [7, 11) is 0. The molecule has 3 atom stereocenters. The van der Waals surface area contributed by atoms with Gasteiger partial charge in [0.2, 0.25) is 23.6 Å². The zero-order chi connectivity index (χ0) is 21.1. The van der Waals surface area contributed by atoms with Crippen LogP contribution in [-0.2, 0) is 28.8 Å². The lowest BCUT2D eigenvalue weighted by molar-refractivity contribution is -0.142. The Morgan fingerprint density at radius 3 is 2.07 bits per heavy atom. The Bertz CT molecular complexity index is 608. The van der Waals surface area contributed by atoms with E-state index in [9.17, 15) is 28.8 Å². The van der Waals surface area contributed by atoms with Gasteiger partial charge in [-0.05, 0) is 13.3 Å². The first-order chi connectivity index (χ1) is 12.4. The van der Waals surface area contributed by atoms with Gasteiger partial charge in [0.15, 0.2) is 0 Å². The maximum absolute atomic E-state index is 12.0. The van der Waals surface area contributed by atoms with E-state index in [-0.39, 0.29) is 12.8 Å². The Morgan fingerprint density at radius 1 is 1.00 bits per heavy atom. The SMILES string of the molecule is CC(NC(=O)CNC(=O)C(CC(=O)O)NC(=O)C(N)CCC(N)=O)C(=O)O. The van der Waals surface area contributed by atoms with Gasteiger partial charge in [0, 0.05) is 6.42 Å². The third-order valence-corrected chi connectivity index (χ3v) is 3.22. The second-order valence-corrected chi connectivity index (χ2v) is 5.62. The molecule has 0 heterocycles. The summed E-state index contributed by atoms with van der Waals surface area (Å²) in [6.07, 6.45) is -1.06. The first-order valence-electron chi connectivity index (χ1n) is 7.80. The zero-order valence-electron chi connectivity index (χ0n) is 14.6. The number of aliphatic carboxylic acids is 2. The molecule has 0 aliphatic rings. The number of hydrogen-bond acceptors (Lipinski definition) is 7. The molecule has 9 N–H and O–H groups in total. The fourth-order valence-electron chi connectivity index (χ4n) is 1.74. The fourth-order valence-corrected chi connectivity index (χ4v) is 1.74. The first kappa shape index (κ1) is 23.8. The number of primary amides is 1. The normalized spacial score (nSPS) is 13.6. The van der Waals surface area contributed by atoms with Gasteiger partial charge in [-0.25, -0.2) is 0 Å². The summed E-state index contributed by atoms with van der Waals surface area (Å²) in [5, 5.41) is 23.8. The molecule has 0 aromatic rings. The van der Waals surface area contributed by atoms with Crippen molar-refractivity contribution in [1.82, 2.24) is 16.0 Å². The highest BCUT2D eigenvalue weighted by Gasteiger charge is 2.26. The molecule has 4 amide bonds. The Hall–Kier alpha value is -3.22. The van der Waals surface area contributed by atoms with E-state index in [2.05, 4.69) is 16.0 Å². The van der Waals surface area contributed by atoms with Crippen molar-refractivity contribution in [2.75, 3.05) is 6.54 Å². The summed E-state index contributed by atoms with van der Waals surface area (Å²) in [5.41, 5.74) is 10.5. The fraction of sp³-hybridized carbons (Fsp3) is 0.571. The third-order valence-electron chi connectivity index (χ3n) is 3.22. The summed E-state index contributed by atoms with van der Waals surface area (Å²) in [4.78, 5) is 67.6. The van der Waals surface area contributed by atoms with Crippen LogP contribution in [0.4, 0.5) is 0 Å². The molecular formula is C14H23N5O8. The maximum Gasteiger partial charge on any atom is 0.325 e. The predicted octanol–water partition coefficient (Wildman–Crippen LogP) is -3.76.